The van der Waals surface area contributed by atoms with Crippen LogP contribution < -0.4 is 77.4 Å². The first-order valence-electron chi connectivity index (χ1n) is 24.5. The van der Waals surface area contributed by atoms with Crippen molar-refractivity contribution < 1.29 is 57.8 Å². The summed E-state index contributed by atoms with van der Waals surface area (Å²) in [7, 11) is 0. The van der Waals surface area contributed by atoms with E-state index in [0.29, 0.717) is 38.6 Å². The highest BCUT2D eigenvalue weighted by Gasteiger charge is 2.39. The summed E-state index contributed by atoms with van der Waals surface area (Å²) in [6, 6.07) is -3.87. The number of hydrogen-bond donors (Lipinski definition) is 16. The standard InChI is InChI=1S/C46H77FN16O11/c1-26(57-43(71)37(35(64)24-51)62-39(67)29(52)12-2-4-17-48)38(66)56-25-36(65)58-31(14-7-19-50)44(72)63-21-9-16-34(63)42(70)61-33(23-27-10-6-11-28(47)22-27)41(69)59-30(13-3-5-18-49)40(68)60-32(45(73)74)15-8-20-55-46(53)54/h6,10-11,15,22,26,29-31,33-35,37,64H,2-5,7-9,12-14,16-21,23-25,48-52H2,1H3,(H,56,66)(H,57,71)(H,58,65)(H,59,69)(H,60,68)(H,61,70)(H,62,67)(H,73,74)(H4,53,54,55)/b32-15-/t26?,29?,30-,31+,33?,34-,35?,37-/m0/s1. The molecule has 1 heterocycles. The topological polar surface area (TPSA) is 476 Å². The van der Waals surface area contributed by atoms with Crippen LogP contribution in [0.1, 0.15) is 83.1 Å². The summed E-state index contributed by atoms with van der Waals surface area (Å²) >= 11 is 0. The van der Waals surface area contributed by atoms with Crippen molar-refractivity contribution in [2.24, 2.45) is 45.1 Å². The van der Waals surface area contributed by atoms with Gasteiger partial charge in [-0.1, -0.05) is 24.6 Å². The Morgan fingerprint density at radius 3 is 2.08 bits per heavy atom. The number of carbonyl (C=O) groups excluding carboxylic acids is 8. The molecule has 2 rings (SSSR count). The molecule has 0 aliphatic carbocycles. The van der Waals surface area contributed by atoms with Gasteiger partial charge in [0.25, 0.3) is 0 Å². The van der Waals surface area contributed by atoms with Gasteiger partial charge in [-0.05, 0) is 108 Å². The Labute approximate surface area is 428 Å². The van der Waals surface area contributed by atoms with Gasteiger partial charge in [-0.25, -0.2) is 9.18 Å². The summed E-state index contributed by atoms with van der Waals surface area (Å²) in [4.78, 5) is 125. The van der Waals surface area contributed by atoms with Gasteiger partial charge in [0.2, 0.25) is 47.3 Å². The molecule has 27 nitrogen and oxygen atoms in total. The number of aliphatic hydroxyl groups excluding tert-OH is 1. The number of unbranched alkanes of at least 4 members (excludes halogenated alkanes) is 2. The first-order valence-corrected chi connectivity index (χ1v) is 24.5. The average Bonchev–Trinajstić information content (AvgIpc) is 3.86. The molecule has 0 spiro atoms. The van der Waals surface area contributed by atoms with Gasteiger partial charge in [0.1, 0.15) is 47.8 Å². The predicted octanol–water partition coefficient (Wildman–Crippen LogP) is -5.69. The monoisotopic (exact) mass is 1050 g/mol. The molecule has 8 atom stereocenters. The number of likely N-dealkylation sites (tertiary alicyclic amines) is 1. The molecule has 28 heteroatoms. The number of carbonyl (C=O) groups is 9. The van der Waals surface area contributed by atoms with E-state index in [1.807, 2.05) is 0 Å². The Balaban J connectivity index is 2.25. The molecular weight excluding hydrogens is 972 g/mol. The van der Waals surface area contributed by atoms with Crippen LogP contribution in [0.5, 0.6) is 0 Å². The molecule has 4 unspecified atom stereocenters. The number of halogens is 1. The van der Waals surface area contributed by atoms with Crippen LogP contribution >= 0.6 is 0 Å². The van der Waals surface area contributed by atoms with E-state index < -0.39 is 126 Å². The number of carboxylic acid groups (broad SMARTS) is 1. The summed E-state index contributed by atoms with van der Waals surface area (Å²) in [5, 5.41) is 37.4. The zero-order chi connectivity index (χ0) is 55.3. The molecule has 0 radical (unpaired) electrons. The van der Waals surface area contributed by atoms with Gasteiger partial charge in [-0.15, -0.1) is 0 Å². The molecule has 1 aliphatic rings. The number of aliphatic hydroxyl groups is 1. The fraction of sp³-hybridized carbons (Fsp3) is 0.609. The summed E-state index contributed by atoms with van der Waals surface area (Å²) in [5.41, 5.74) is 38.8. The smallest absolute Gasteiger partial charge is 0.352 e. The molecular formula is C46H77FN16O11. The van der Waals surface area contributed by atoms with E-state index in [0.717, 1.165) is 6.07 Å². The van der Waals surface area contributed by atoms with Gasteiger partial charge in [-0.2, -0.15) is 0 Å². The van der Waals surface area contributed by atoms with Crippen molar-refractivity contribution in [3.8, 4) is 0 Å². The predicted molar refractivity (Wildman–Crippen MR) is 269 cm³/mol. The Morgan fingerprint density at radius 2 is 1.46 bits per heavy atom. The molecule has 1 aliphatic heterocycles. The Bertz CT molecular complexity index is 2110. The quantitative estimate of drug-likeness (QED) is 0.0132. The van der Waals surface area contributed by atoms with Gasteiger partial charge in [-0.3, -0.25) is 43.3 Å². The van der Waals surface area contributed by atoms with E-state index >= 15 is 0 Å². The number of nitrogens with one attached hydrogen (secondary N) is 7. The minimum atomic E-state index is -1.57. The van der Waals surface area contributed by atoms with Crippen LogP contribution in [-0.4, -0.2) is 169 Å². The van der Waals surface area contributed by atoms with Crippen LogP contribution in [-0.2, 0) is 49.6 Å². The Morgan fingerprint density at radius 1 is 0.797 bits per heavy atom. The third-order valence-electron chi connectivity index (χ3n) is 11.7. The molecule has 1 aromatic carbocycles. The number of carboxylic acids is 1. The molecule has 1 fully saturated rings. The Kier molecular flexibility index (Phi) is 28.9. The molecule has 0 bridgehead atoms. The molecule has 1 aromatic rings. The van der Waals surface area contributed by atoms with Crippen molar-refractivity contribution >= 4 is 59.2 Å². The maximum atomic E-state index is 14.4. The zero-order valence-corrected chi connectivity index (χ0v) is 41.8. The number of nitrogens with zero attached hydrogens (tertiary/aromatic N) is 2. The van der Waals surface area contributed by atoms with Crippen LogP contribution in [0.2, 0.25) is 0 Å². The number of aliphatic imine (C=N–C) groups is 1. The number of guanidine groups is 1. The van der Waals surface area contributed by atoms with E-state index in [1.165, 1.54) is 36.1 Å². The molecule has 0 saturated carbocycles. The fourth-order valence-corrected chi connectivity index (χ4v) is 7.61. The molecule has 8 amide bonds. The number of benzene rings is 1. The number of amides is 8. The van der Waals surface area contributed by atoms with Gasteiger partial charge in [0.15, 0.2) is 5.96 Å². The molecule has 414 valence electrons. The fourth-order valence-electron chi connectivity index (χ4n) is 7.61. The van der Waals surface area contributed by atoms with Gasteiger partial charge in [0, 0.05) is 26.1 Å². The highest BCUT2D eigenvalue weighted by Crippen LogP contribution is 2.21. The van der Waals surface area contributed by atoms with Gasteiger partial charge < -0.3 is 92.5 Å². The highest BCUT2D eigenvalue weighted by atomic mass is 19.1. The van der Waals surface area contributed by atoms with E-state index in [1.54, 1.807) is 0 Å². The number of aliphatic carboxylic acids is 1. The second-order valence-electron chi connectivity index (χ2n) is 17.6. The van der Waals surface area contributed by atoms with Crippen molar-refractivity contribution in [3.63, 3.8) is 0 Å². The van der Waals surface area contributed by atoms with E-state index in [-0.39, 0.29) is 82.6 Å². The van der Waals surface area contributed by atoms with Crippen LogP contribution in [0.15, 0.2) is 41.0 Å². The lowest BCUT2D eigenvalue weighted by molar-refractivity contribution is -0.142. The van der Waals surface area contributed by atoms with Crippen LogP contribution in [0.3, 0.4) is 0 Å². The second kappa shape index (κ2) is 33.8. The van der Waals surface area contributed by atoms with Crippen LogP contribution in [0, 0.1) is 5.82 Å². The van der Waals surface area contributed by atoms with Gasteiger partial charge >= 0.3 is 5.97 Å². The largest absolute Gasteiger partial charge is 0.477 e. The summed E-state index contributed by atoms with van der Waals surface area (Å²) in [5.74, 6) is -8.96. The minimum absolute atomic E-state index is 0.00463. The maximum Gasteiger partial charge on any atom is 0.352 e. The SMILES string of the molecule is CC(NC(=O)[C@@H](NC(=O)C(N)CCCCN)C(O)CN)C(=O)NCC(=O)N[C@H](CCCN)C(=O)N1CCC[C@H]1C(=O)NC(Cc1cccc(F)c1)C(=O)N[C@@H](CCCCN)C(=O)N/C(=C\CCN=C(N)N)C(=O)O. The lowest BCUT2D eigenvalue weighted by Crippen LogP contribution is -2.60. The molecule has 23 N–H and O–H groups in total. The summed E-state index contributed by atoms with van der Waals surface area (Å²) in [6.07, 6.45) is 2.34. The third kappa shape index (κ3) is 22.5. The van der Waals surface area contributed by atoms with Crippen molar-refractivity contribution in [2.45, 2.75) is 132 Å². The third-order valence-corrected chi connectivity index (χ3v) is 11.7. The molecule has 74 heavy (non-hydrogen) atoms. The van der Waals surface area contributed by atoms with Crippen LogP contribution in [0.4, 0.5) is 4.39 Å². The minimum Gasteiger partial charge on any atom is -0.477 e. The van der Waals surface area contributed by atoms with E-state index in [9.17, 15) is 57.8 Å². The normalized spacial score (nSPS) is 16.2. The molecule has 0 aromatic heterocycles. The lowest BCUT2D eigenvalue weighted by atomic mass is 10.0. The second-order valence-corrected chi connectivity index (χ2v) is 17.6. The maximum absolute atomic E-state index is 14.4. The molecule has 1 saturated heterocycles. The van der Waals surface area contributed by atoms with Crippen LogP contribution in [0.25, 0.3) is 0 Å². The van der Waals surface area contributed by atoms with Crippen molar-refractivity contribution in [1.82, 2.24) is 42.1 Å². The van der Waals surface area contributed by atoms with Crippen molar-refractivity contribution in [1.29, 1.82) is 0 Å². The van der Waals surface area contributed by atoms with E-state index in [4.69, 9.17) is 40.1 Å². The number of nitrogens with two attached hydrogens (primary N) is 7. The Hall–Kier alpha value is -6.85. The first kappa shape index (κ1) is 63.3. The first-order chi connectivity index (χ1) is 35.2. The van der Waals surface area contributed by atoms with Crippen molar-refractivity contribution in [3.05, 3.63) is 47.4 Å². The van der Waals surface area contributed by atoms with E-state index in [2.05, 4.69) is 42.2 Å². The van der Waals surface area contributed by atoms with Crippen molar-refractivity contribution in [2.75, 3.05) is 45.8 Å². The number of hydrogen-bond acceptors (Lipinski definition) is 16. The zero-order valence-electron chi connectivity index (χ0n) is 41.8. The lowest BCUT2D eigenvalue weighted by Gasteiger charge is -2.30. The van der Waals surface area contributed by atoms with Gasteiger partial charge in [0.05, 0.1) is 18.7 Å². The summed E-state index contributed by atoms with van der Waals surface area (Å²) < 4.78 is 14.4. The summed E-state index contributed by atoms with van der Waals surface area (Å²) in [6.45, 7) is 1.03. The highest BCUT2D eigenvalue weighted by molar-refractivity contribution is 5.99. The average molecular weight is 1050 g/mol. The number of rotatable bonds is 34.